The van der Waals surface area contributed by atoms with Gasteiger partial charge in [0.05, 0.1) is 26.5 Å². The van der Waals surface area contributed by atoms with Crippen molar-refractivity contribution in [2.24, 2.45) is 4.40 Å². The molecule has 7 nitrogen and oxygen atoms in total. The number of nitrogens with one attached hydrogen (secondary N) is 1. The van der Waals surface area contributed by atoms with E-state index in [2.05, 4.69) is 27.7 Å². The van der Waals surface area contributed by atoms with Gasteiger partial charge in [0.15, 0.2) is 5.13 Å². The molecule has 10 heteroatoms. The summed E-state index contributed by atoms with van der Waals surface area (Å²) in [7, 11) is -3.91. The lowest BCUT2D eigenvalue weighted by atomic mass is 10.1. The molecule has 0 radical (unpaired) electrons. The molecule has 0 unspecified atom stereocenters. The van der Waals surface area contributed by atoms with Gasteiger partial charge < -0.3 is 4.90 Å². The Balaban J connectivity index is 1.50. The Morgan fingerprint density at radius 2 is 2.06 bits per heavy atom. The van der Waals surface area contributed by atoms with Crippen LogP contribution in [-0.4, -0.2) is 31.7 Å². The van der Waals surface area contributed by atoms with Crippen LogP contribution in [0.3, 0.4) is 0 Å². The number of nitrogens with zero attached hydrogens (tertiary/aromatic N) is 3. The summed E-state index contributed by atoms with van der Waals surface area (Å²) in [4.78, 5) is 19.4. The fourth-order valence-electron chi connectivity index (χ4n) is 4.08. The van der Waals surface area contributed by atoms with Crippen LogP contribution in [0.1, 0.15) is 48.5 Å². The monoisotopic (exact) mass is 488 g/mol. The van der Waals surface area contributed by atoms with E-state index in [1.54, 1.807) is 6.07 Å². The van der Waals surface area contributed by atoms with E-state index in [-0.39, 0.29) is 15.5 Å². The highest BCUT2D eigenvalue weighted by Crippen LogP contribution is 2.38. The number of anilines is 2. The van der Waals surface area contributed by atoms with Crippen LogP contribution in [0.5, 0.6) is 0 Å². The fraction of sp³-hybridized carbons (Fsp3) is 0.318. The molecule has 1 aromatic heterocycles. The summed E-state index contributed by atoms with van der Waals surface area (Å²) in [6.07, 6.45) is 4.37. The van der Waals surface area contributed by atoms with Crippen LogP contribution in [-0.2, 0) is 16.4 Å². The molecule has 0 spiro atoms. The quantitative estimate of drug-likeness (QED) is 0.544. The van der Waals surface area contributed by atoms with Gasteiger partial charge in [-0.1, -0.05) is 42.3 Å². The second kappa shape index (κ2) is 8.13. The van der Waals surface area contributed by atoms with Crippen LogP contribution in [0.2, 0.25) is 5.02 Å². The maximum atomic E-state index is 13.0. The van der Waals surface area contributed by atoms with Crippen molar-refractivity contribution in [3.8, 4) is 0 Å². The molecule has 32 heavy (non-hydrogen) atoms. The van der Waals surface area contributed by atoms with E-state index in [0.29, 0.717) is 29.6 Å². The Hall–Kier alpha value is -2.49. The zero-order valence-corrected chi connectivity index (χ0v) is 19.8. The predicted octanol–water partition coefficient (Wildman–Crippen LogP) is 5.25. The van der Waals surface area contributed by atoms with Crippen molar-refractivity contribution < 1.29 is 13.2 Å². The van der Waals surface area contributed by atoms with Crippen molar-refractivity contribution in [2.45, 2.75) is 43.9 Å². The Kier molecular flexibility index (Phi) is 5.43. The van der Waals surface area contributed by atoms with E-state index >= 15 is 0 Å². The van der Waals surface area contributed by atoms with Gasteiger partial charge in [0, 0.05) is 13.0 Å². The zero-order valence-electron chi connectivity index (χ0n) is 17.4. The number of amides is 1. The van der Waals surface area contributed by atoms with E-state index < -0.39 is 15.9 Å². The maximum Gasteiger partial charge on any atom is 0.286 e. The van der Waals surface area contributed by atoms with Crippen molar-refractivity contribution in [3.63, 3.8) is 0 Å². The van der Waals surface area contributed by atoms with E-state index in [0.717, 1.165) is 35.9 Å². The minimum Gasteiger partial charge on any atom is -0.328 e. The first-order chi connectivity index (χ1) is 15.4. The topological polar surface area (TPSA) is 91.7 Å². The van der Waals surface area contributed by atoms with Crippen LogP contribution in [0, 0.1) is 0 Å². The van der Waals surface area contributed by atoms with Crippen molar-refractivity contribution >= 4 is 65.7 Å². The molecule has 0 saturated carbocycles. The highest BCUT2D eigenvalue weighted by molar-refractivity contribution is 7.90. The molecule has 3 heterocycles. The second-order valence-corrected chi connectivity index (χ2v) is 10.9. The Labute approximate surface area is 195 Å². The number of benzene rings is 2. The number of aryl methyl sites for hydroxylation is 1. The number of amidine groups is 1. The lowest BCUT2D eigenvalue weighted by Gasteiger charge is -2.30. The molecule has 5 rings (SSSR count). The van der Waals surface area contributed by atoms with Crippen molar-refractivity contribution in [1.29, 1.82) is 0 Å². The van der Waals surface area contributed by atoms with Gasteiger partial charge in [-0.25, -0.2) is 4.98 Å². The minimum absolute atomic E-state index is 0.00888. The molecule has 2 aliphatic heterocycles. The number of hydrogen-bond acceptors (Lipinski definition) is 6. The summed E-state index contributed by atoms with van der Waals surface area (Å²) < 4.78 is 30.7. The van der Waals surface area contributed by atoms with Crippen molar-refractivity contribution in [2.75, 3.05) is 16.8 Å². The van der Waals surface area contributed by atoms with Crippen LogP contribution >= 0.6 is 22.9 Å². The van der Waals surface area contributed by atoms with Gasteiger partial charge in [-0.05, 0) is 49.1 Å². The minimum atomic E-state index is -3.91. The third-order valence-electron chi connectivity index (χ3n) is 5.76. The Morgan fingerprint density at radius 1 is 1.22 bits per heavy atom. The maximum absolute atomic E-state index is 13.0. The average Bonchev–Trinajstić information content (AvgIpc) is 3.00. The first-order valence-electron chi connectivity index (χ1n) is 10.5. The van der Waals surface area contributed by atoms with Gasteiger partial charge in [-0.2, -0.15) is 8.42 Å². The fourth-order valence-corrected chi connectivity index (χ4v) is 6.51. The second-order valence-electron chi connectivity index (χ2n) is 7.87. The molecular formula is C22H21ClN4O3S2. The number of halogens is 1. The largest absolute Gasteiger partial charge is 0.328 e. The van der Waals surface area contributed by atoms with Gasteiger partial charge in [-0.3, -0.25) is 10.1 Å². The van der Waals surface area contributed by atoms with Crippen LogP contribution < -0.4 is 10.2 Å². The third-order valence-corrected chi connectivity index (χ3v) is 8.34. The summed E-state index contributed by atoms with van der Waals surface area (Å²) >= 11 is 7.83. The number of thiazole rings is 1. The van der Waals surface area contributed by atoms with E-state index in [1.807, 2.05) is 17.0 Å². The van der Waals surface area contributed by atoms with E-state index in [1.165, 1.54) is 23.0 Å². The van der Waals surface area contributed by atoms with Crippen LogP contribution in [0.25, 0.3) is 10.2 Å². The number of carbonyl (C=O) groups is 1. The highest BCUT2D eigenvalue weighted by atomic mass is 35.5. The summed E-state index contributed by atoms with van der Waals surface area (Å²) in [5.41, 5.74) is 2.56. The van der Waals surface area contributed by atoms with Gasteiger partial charge >= 0.3 is 0 Å². The van der Waals surface area contributed by atoms with E-state index in [4.69, 9.17) is 11.6 Å². The summed E-state index contributed by atoms with van der Waals surface area (Å²) in [6.45, 7) is 2.75. The lowest BCUT2D eigenvalue weighted by molar-refractivity contribution is 0.102. The number of sulfonamides is 1. The van der Waals surface area contributed by atoms with Gasteiger partial charge in [0.2, 0.25) is 0 Å². The normalized spacial score (nSPS) is 17.3. The molecule has 1 amide bonds. The summed E-state index contributed by atoms with van der Waals surface area (Å²) in [5, 5.41) is 3.39. The molecule has 1 N–H and O–H groups in total. The highest BCUT2D eigenvalue weighted by Gasteiger charge is 2.33. The SMILES string of the molecule is CCc1ccc2nc(NC(=O)c3cc4c(cc3Cl)N3CCCCCC3=NS4(=O)=O)sc2c1. The molecule has 2 aromatic carbocycles. The molecule has 166 valence electrons. The first kappa shape index (κ1) is 21.4. The van der Waals surface area contributed by atoms with Crippen LogP contribution in [0.4, 0.5) is 10.8 Å². The van der Waals surface area contributed by atoms with Gasteiger partial charge in [-0.15, -0.1) is 4.40 Å². The standard InChI is InChI=1S/C22H21ClN4O3S2/c1-2-13-7-8-16-18(10-13)31-22(24-16)25-21(28)14-11-19-17(12-15(14)23)27-9-5-3-4-6-20(27)26-32(19,29)30/h7-8,10-12H,2-6,9H2,1H3,(H,24,25,28). The lowest BCUT2D eigenvalue weighted by Crippen LogP contribution is -2.35. The molecule has 0 aliphatic carbocycles. The zero-order chi connectivity index (χ0) is 22.5. The molecule has 1 saturated heterocycles. The summed E-state index contributed by atoms with van der Waals surface area (Å²) in [5.74, 6) is 0.0395. The van der Waals surface area contributed by atoms with Crippen LogP contribution in [0.15, 0.2) is 39.6 Å². The molecule has 2 aliphatic rings. The number of hydrogen-bond donors (Lipinski definition) is 1. The third kappa shape index (κ3) is 3.78. The number of aromatic nitrogens is 1. The van der Waals surface area contributed by atoms with Gasteiger partial charge in [0.1, 0.15) is 10.7 Å². The average molecular weight is 489 g/mol. The Bertz CT molecular complexity index is 1380. The number of fused-ring (bicyclic) bond motifs is 4. The van der Waals surface area contributed by atoms with Crippen molar-refractivity contribution in [3.05, 3.63) is 46.5 Å². The Morgan fingerprint density at radius 3 is 2.88 bits per heavy atom. The predicted molar refractivity (Wildman–Crippen MR) is 129 cm³/mol. The molecule has 1 fully saturated rings. The van der Waals surface area contributed by atoms with E-state index in [9.17, 15) is 13.2 Å². The number of rotatable bonds is 3. The molecule has 0 atom stereocenters. The van der Waals surface area contributed by atoms with Crippen molar-refractivity contribution in [1.82, 2.24) is 4.98 Å². The molecule has 3 aromatic rings. The van der Waals surface area contributed by atoms with Gasteiger partial charge in [0.25, 0.3) is 15.9 Å². The summed E-state index contributed by atoms with van der Waals surface area (Å²) in [6, 6.07) is 8.88. The molecular weight excluding hydrogens is 468 g/mol. The smallest absolute Gasteiger partial charge is 0.286 e. The first-order valence-corrected chi connectivity index (χ1v) is 13.1. The number of carbonyl (C=O) groups excluding carboxylic acids is 1. The molecule has 0 bridgehead atoms.